The minimum atomic E-state index is -1.00. The van der Waals surface area contributed by atoms with Gasteiger partial charge in [0.05, 0.1) is 6.42 Å². The number of nitrogens with one attached hydrogen (secondary N) is 1. The van der Waals surface area contributed by atoms with Crippen molar-refractivity contribution in [1.29, 1.82) is 0 Å². The fourth-order valence-electron chi connectivity index (χ4n) is 5.35. The van der Waals surface area contributed by atoms with Gasteiger partial charge in [0.2, 0.25) is 5.91 Å². The van der Waals surface area contributed by atoms with E-state index < -0.39 is 18.1 Å². The normalized spacial score (nSPS) is 12.6. The van der Waals surface area contributed by atoms with Crippen molar-refractivity contribution in [3.05, 3.63) is 131 Å². The lowest BCUT2D eigenvalue weighted by Crippen LogP contribution is -2.50. The number of carbonyl (C=O) groups excluding carboxylic acids is 2. The molecule has 0 unspecified atom stereocenters. The topological polar surface area (TPSA) is 95.9 Å². The van der Waals surface area contributed by atoms with Crippen molar-refractivity contribution in [2.24, 2.45) is 0 Å². The average Bonchev–Trinajstić information content (AvgIpc) is 3.32. The number of alkyl carbamates (subject to hydrolysis) is 1. The van der Waals surface area contributed by atoms with Crippen LogP contribution in [-0.2, 0) is 27.3 Å². The van der Waals surface area contributed by atoms with Gasteiger partial charge in [0.25, 0.3) is 0 Å². The summed E-state index contributed by atoms with van der Waals surface area (Å²) < 4.78 is 5.74. The number of benzene rings is 4. The number of aliphatic carboxylic acids is 1. The molecule has 7 nitrogen and oxygen atoms in total. The minimum Gasteiger partial charge on any atom is -0.481 e. The molecule has 1 aliphatic carbocycles. The van der Waals surface area contributed by atoms with Crippen LogP contribution in [0.2, 0.25) is 0 Å². The number of amides is 2. The highest BCUT2D eigenvalue weighted by Gasteiger charge is 2.31. The first kappa shape index (κ1) is 27.6. The van der Waals surface area contributed by atoms with Crippen LogP contribution in [0.15, 0.2) is 109 Å². The lowest BCUT2D eigenvalue weighted by molar-refractivity contribution is -0.139. The molecule has 4 aromatic rings. The zero-order chi connectivity index (χ0) is 28.6. The van der Waals surface area contributed by atoms with E-state index in [2.05, 4.69) is 17.4 Å². The second kappa shape index (κ2) is 13.0. The summed E-state index contributed by atoms with van der Waals surface area (Å²) in [5, 5.41) is 12.1. The van der Waals surface area contributed by atoms with Gasteiger partial charge in [-0.2, -0.15) is 0 Å². The SMILES string of the molecule is O=C(O)CCN(Cc1ccccc1)C(=O)[C@@H](Cc1ccccc1)NC(=O)OCC1c2ccccc2-c2ccccc21. The highest BCUT2D eigenvalue weighted by atomic mass is 16.5. The molecule has 2 amide bonds. The van der Waals surface area contributed by atoms with E-state index in [9.17, 15) is 19.5 Å². The van der Waals surface area contributed by atoms with Crippen molar-refractivity contribution in [2.45, 2.75) is 31.3 Å². The Morgan fingerprint density at radius 2 is 1.29 bits per heavy atom. The molecular weight excluding hydrogens is 516 g/mol. The standard InChI is InChI=1S/C34H32N2O5/c37-32(38)19-20-36(22-25-13-5-2-6-14-25)33(39)31(21-24-11-3-1-4-12-24)35-34(40)41-23-30-28-17-9-7-15-26(28)27-16-8-10-18-29(27)30/h1-18,30-31H,19-23H2,(H,35,40)(H,37,38)/t31-/m1/s1. The molecule has 208 valence electrons. The first-order chi connectivity index (χ1) is 20.0. The van der Waals surface area contributed by atoms with E-state index in [0.29, 0.717) is 0 Å². The molecule has 4 aromatic carbocycles. The third-order valence-electron chi connectivity index (χ3n) is 7.34. The molecule has 5 rings (SSSR count). The number of fused-ring (bicyclic) bond motifs is 3. The van der Waals surface area contributed by atoms with Crippen LogP contribution < -0.4 is 5.32 Å². The van der Waals surface area contributed by atoms with Crippen molar-refractivity contribution in [2.75, 3.05) is 13.2 Å². The van der Waals surface area contributed by atoms with Crippen molar-refractivity contribution in [1.82, 2.24) is 10.2 Å². The van der Waals surface area contributed by atoms with Crippen molar-refractivity contribution in [3.63, 3.8) is 0 Å². The van der Waals surface area contributed by atoms with Crippen LogP contribution in [0.5, 0.6) is 0 Å². The second-order valence-corrected chi connectivity index (χ2v) is 10.1. The third kappa shape index (κ3) is 6.81. The smallest absolute Gasteiger partial charge is 0.407 e. The van der Waals surface area contributed by atoms with E-state index >= 15 is 0 Å². The molecule has 1 atom stereocenters. The number of carbonyl (C=O) groups is 3. The van der Waals surface area contributed by atoms with Crippen LogP contribution in [0.4, 0.5) is 4.79 Å². The highest BCUT2D eigenvalue weighted by molar-refractivity contribution is 5.86. The molecular formula is C34H32N2O5. The van der Waals surface area contributed by atoms with Gasteiger partial charge in [-0.15, -0.1) is 0 Å². The predicted molar refractivity (Wildman–Crippen MR) is 156 cm³/mol. The molecule has 0 heterocycles. The van der Waals surface area contributed by atoms with Crippen LogP contribution in [0.1, 0.15) is 34.6 Å². The maximum Gasteiger partial charge on any atom is 0.407 e. The van der Waals surface area contributed by atoms with Crippen LogP contribution in [0.25, 0.3) is 11.1 Å². The highest BCUT2D eigenvalue weighted by Crippen LogP contribution is 2.44. The summed E-state index contributed by atoms with van der Waals surface area (Å²) in [5.41, 5.74) is 6.18. The largest absolute Gasteiger partial charge is 0.481 e. The first-order valence-corrected chi connectivity index (χ1v) is 13.7. The van der Waals surface area contributed by atoms with Crippen molar-refractivity contribution in [3.8, 4) is 11.1 Å². The molecule has 0 fully saturated rings. The number of ether oxygens (including phenoxy) is 1. The van der Waals surface area contributed by atoms with Gasteiger partial charge in [-0.05, 0) is 33.4 Å². The Bertz CT molecular complexity index is 1460. The monoisotopic (exact) mass is 548 g/mol. The van der Waals surface area contributed by atoms with Gasteiger partial charge in [-0.1, -0.05) is 109 Å². The lowest BCUT2D eigenvalue weighted by Gasteiger charge is -2.28. The van der Waals surface area contributed by atoms with Crippen LogP contribution >= 0.6 is 0 Å². The maximum atomic E-state index is 13.9. The minimum absolute atomic E-state index is 0.0146. The van der Waals surface area contributed by atoms with Crippen LogP contribution in [0, 0.1) is 0 Å². The Morgan fingerprint density at radius 3 is 1.88 bits per heavy atom. The summed E-state index contributed by atoms with van der Waals surface area (Å²) in [5.74, 6) is -1.48. The Hall–Kier alpha value is -4.91. The number of hydrogen-bond donors (Lipinski definition) is 2. The molecule has 0 bridgehead atoms. The van der Waals surface area contributed by atoms with E-state index in [4.69, 9.17) is 4.74 Å². The molecule has 7 heteroatoms. The van der Waals surface area contributed by atoms with Gasteiger partial charge >= 0.3 is 12.1 Å². The van der Waals surface area contributed by atoms with Crippen molar-refractivity contribution < 1.29 is 24.2 Å². The molecule has 0 aliphatic heterocycles. The Morgan fingerprint density at radius 1 is 0.756 bits per heavy atom. The van der Waals surface area contributed by atoms with Crippen LogP contribution in [0.3, 0.4) is 0 Å². The Labute approximate surface area is 239 Å². The fourth-order valence-corrected chi connectivity index (χ4v) is 5.35. The van der Waals surface area contributed by atoms with E-state index in [0.717, 1.165) is 33.4 Å². The summed E-state index contributed by atoms with van der Waals surface area (Å²) in [6.07, 6.45) is -0.664. The zero-order valence-electron chi connectivity index (χ0n) is 22.6. The molecule has 0 saturated heterocycles. The van der Waals surface area contributed by atoms with Crippen molar-refractivity contribution >= 4 is 18.0 Å². The van der Waals surface area contributed by atoms with Gasteiger partial charge in [0, 0.05) is 25.4 Å². The van der Waals surface area contributed by atoms with Gasteiger partial charge in [0.1, 0.15) is 12.6 Å². The first-order valence-electron chi connectivity index (χ1n) is 13.7. The summed E-state index contributed by atoms with van der Waals surface area (Å²) in [6, 6.07) is 34.0. The van der Waals surface area contributed by atoms with E-state index in [1.165, 1.54) is 4.90 Å². The molecule has 2 N–H and O–H groups in total. The molecule has 41 heavy (non-hydrogen) atoms. The molecule has 0 saturated carbocycles. The summed E-state index contributed by atoms with van der Waals surface area (Å²) in [4.78, 5) is 39.9. The lowest BCUT2D eigenvalue weighted by atomic mass is 9.98. The second-order valence-electron chi connectivity index (χ2n) is 10.1. The van der Waals surface area contributed by atoms with E-state index in [-0.39, 0.29) is 44.4 Å². The molecule has 0 spiro atoms. The van der Waals surface area contributed by atoms with Gasteiger partial charge < -0.3 is 20.1 Å². The van der Waals surface area contributed by atoms with E-state index in [1.54, 1.807) is 0 Å². The molecule has 0 radical (unpaired) electrons. The number of carboxylic acid groups (broad SMARTS) is 1. The van der Waals surface area contributed by atoms with Gasteiger partial charge in [-0.3, -0.25) is 9.59 Å². The summed E-state index contributed by atoms with van der Waals surface area (Å²) in [7, 11) is 0. The van der Waals surface area contributed by atoms with Crippen LogP contribution in [-0.4, -0.2) is 47.2 Å². The summed E-state index contributed by atoms with van der Waals surface area (Å²) in [6.45, 7) is 0.365. The maximum absolute atomic E-state index is 13.9. The summed E-state index contributed by atoms with van der Waals surface area (Å²) >= 11 is 0. The molecule has 0 aromatic heterocycles. The third-order valence-corrected chi connectivity index (χ3v) is 7.34. The molecule has 1 aliphatic rings. The van der Waals surface area contributed by atoms with Gasteiger partial charge in [0.15, 0.2) is 0 Å². The van der Waals surface area contributed by atoms with Gasteiger partial charge in [-0.25, -0.2) is 4.79 Å². The fraction of sp³-hybridized carbons (Fsp3) is 0.206. The number of rotatable bonds is 11. The predicted octanol–water partition coefficient (Wildman–Crippen LogP) is 5.64. The number of nitrogens with zero attached hydrogens (tertiary/aromatic N) is 1. The Balaban J connectivity index is 1.33. The number of carboxylic acids is 1. The average molecular weight is 549 g/mol. The quantitative estimate of drug-likeness (QED) is 0.253. The Kier molecular flexibility index (Phi) is 8.74. The zero-order valence-corrected chi connectivity index (χ0v) is 22.6. The van der Waals surface area contributed by atoms with E-state index in [1.807, 2.05) is 97.1 Å². The number of hydrogen-bond acceptors (Lipinski definition) is 4.